The maximum Gasteiger partial charge on any atom is 0.262 e. The zero-order chi connectivity index (χ0) is 13.4. The van der Waals surface area contributed by atoms with Gasteiger partial charge in [0.2, 0.25) is 0 Å². The summed E-state index contributed by atoms with van der Waals surface area (Å²) in [6, 6.07) is 8.37. The Bertz CT molecular complexity index is 784. The molecule has 3 nitrogen and oxygen atoms in total. The van der Waals surface area contributed by atoms with E-state index in [4.69, 9.17) is 0 Å². The summed E-state index contributed by atoms with van der Waals surface area (Å²) < 4.78 is 1.53. The van der Waals surface area contributed by atoms with E-state index in [2.05, 4.69) is 36.2 Å². The predicted molar refractivity (Wildman–Crippen MR) is 79.7 cm³/mol. The topological polar surface area (TPSA) is 34.9 Å². The smallest absolute Gasteiger partial charge is 0.262 e. The third-order valence-corrected chi connectivity index (χ3v) is 4.21. The van der Waals surface area contributed by atoms with Crippen LogP contribution in [0.1, 0.15) is 12.5 Å². The fourth-order valence-corrected chi connectivity index (χ4v) is 3.06. The molecule has 19 heavy (non-hydrogen) atoms. The van der Waals surface area contributed by atoms with Gasteiger partial charge in [-0.25, -0.2) is 4.98 Å². The van der Waals surface area contributed by atoms with E-state index in [0.29, 0.717) is 0 Å². The molecule has 2 aromatic heterocycles. The first-order valence-electron chi connectivity index (χ1n) is 6.23. The molecule has 0 bridgehead atoms. The van der Waals surface area contributed by atoms with Gasteiger partial charge >= 0.3 is 0 Å². The van der Waals surface area contributed by atoms with E-state index in [1.807, 2.05) is 5.38 Å². The number of aryl methyl sites for hydroxylation is 2. The molecule has 0 spiro atoms. The van der Waals surface area contributed by atoms with Crippen molar-refractivity contribution in [2.24, 2.45) is 7.05 Å². The molecule has 0 saturated heterocycles. The lowest BCUT2D eigenvalue weighted by Gasteiger charge is -2.02. The van der Waals surface area contributed by atoms with Gasteiger partial charge in [0.1, 0.15) is 4.83 Å². The van der Waals surface area contributed by atoms with Crippen LogP contribution in [0.25, 0.3) is 21.3 Å². The van der Waals surface area contributed by atoms with E-state index in [0.717, 1.165) is 27.8 Å². The summed E-state index contributed by atoms with van der Waals surface area (Å²) in [6.45, 7) is 2.13. The Hall–Kier alpha value is -1.94. The van der Waals surface area contributed by atoms with Gasteiger partial charge in [-0.1, -0.05) is 31.2 Å². The summed E-state index contributed by atoms with van der Waals surface area (Å²) >= 11 is 1.52. The van der Waals surface area contributed by atoms with Gasteiger partial charge in [-0.2, -0.15) is 0 Å². The van der Waals surface area contributed by atoms with Crippen LogP contribution < -0.4 is 5.56 Å². The van der Waals surface area contributed by atoms with Gasteiger partial charge in [0.25, 0.3) is 5.56 Å². The van der Waals surface area contributed by atoms with Crippen LogP contribution in [-0.4, -0.2) is 9.55 Å². The van der Waals surface area contributed by atoms with Crippen LogP contribution >= 0.6 is 11.3 Å². The van der Waals surface area contributed by atoms with Crippen molar-refractivity contribution in [2.75, 3.05) is 0 Å². The molecule has 0 saturated carbocycles. The molecular formula is C15H14N2OS. The first kappa shape index (κ1) is 12.1. The van der Waals surface area contributed by atoms with Gasteiger partial charge in [-0.3, -0.25) is 4.79 Å². The molecule has 1 aromatic carbocycles. The number of nitrogens with zero attached hydrogens (tertiary/aromatic N) is 2. The molecule has 4 heteroatoms. The first-order valence-corrected chi connectivity index (χ1v) is 7.11. The van der Waals surface area contributed by atoms with E-state index in [1.54, 1.807) is 13.4 Å². The second-order valence-corrected chi connectivity index (χ2v) is 5.40. The molecule has 0 aliphatic rings. The van der Waals surface area contributed by atoms with Gasteiger partial charge in [-0.15, -0.1) is 11.3 Å². The van der Waals surface area contributed by atoms with Gasteiger partial charge in [0.05, 0.1) is 11.7 Å². The van der Waals surface area contributed by atoms with E-state index >= 15 is 0 Å². The highest BCUT2D eigenvalue weighted by molar-refractivity contribution is 7.17. The molecule has 3 aromatic rings. The fraction of sp³-hybridized carbons (Fsp3) is 0.200. The molecule has 96 valence electrons. The zero-order valence-electron chi connectivity index (χ0n) is 10.9. The molecule has 0 atom stereocenters. The Balaban J connectivity index is 2.24. The lowest BCUT2D eigenvalue weighted by Crippen LogP contribution is -2.16. The van der Waals surface area contributed by atoms with E-state index in [1.165, 1.54) is 21.5 Å². The second-order valence-electron chi connectivity index (χ2n) is 4.54. The van der Waals surface area contributed by atoms with Crippen molar-refractivity contribution in [3.63, 3.8) is 0 Å². The van der Waals surface area contributed by atoms with Gasteiger partial charge < -0.3 is 4.57 Å². The maximum absolute atomic E-state index is 12.2. The molecular weight excluding hydrogens is 256 g/mol. The summed E-state index contributed by atoms with van der Waals surface area (Å²) in [5.74, 6) is 0. The van der Waals surface area contributed by atoms with Crippen LogP contribution in [0.2, 0.25) is 0 Å². The number of fused-ring (bicyclic) bond motifs is 1. The number of benzene rings is 1. The normalized spacial score (nSPS) is 11.1. The zero-order valence-corrected chi connectivity index (χ0v) is 11.7. The summed E-state index contributed by atoms with van der Waals surface area (Å²) in [5, 5.41) is 2.74. The molecule has 2 heterocycles. The van der Waals surface area contributed by atoms with Crippen molar-refractivity contribution in [3.8, 4) is 11.1 Å². The number of rotatable bonds is 2. The van der Waals surface area contributed by atoms with Crippen molar-refractivity contribution < 1.29 is 0 Å². The average molecular weight is 270 g/mol. The quantitative estimate of drug-likeness (QED) is 0.716. The van der Waals surface area contributed by atoms with Gasteiger partial charge in [-0.05, 0) is 17.5 Å². The molecule has 0 amide bonds. The molecule has 0 N–H and O–H groups in total. The highest BCUT2D eigenvalue weighted by atomic mass is 32.1. The predicted octanol–water partition coefficient (Wildman–Crippen LogP) is 3.22. The Morgan fingerprint density at radius 3 is 2.68 bits per heavy atom. The summed E-state index contributed by atoms with van der Waals surface area (Å²) in [6.07, 6.45) is 2.60. The minimum absolute atomic E-state index is 0.0146. The van der Waals surface area contributed by atoms with E-state index in [9.17, 15) is 4.79 Å². The van der Waals surface area contributed by atoms with E-state index < -0.39 is 0 Å². The van der Waals surface area contributed by atoms with Crippen LogP contribution in [-0.2, 0) is 13.5 Å². The minimum Gasteiger partial charge on any atom is -0.302 e. The number of aromatic nitrogens is 2. The summed E-state index contributed by atoms with van der Waals surface area (Å²) in [7, 11) is 1.73. The van der Waals surface area contributed by atoms with Gasteiger partial charge in [0.15, 0.2) is 0 Å². The Morgan fingerprint density at radius 2 is 2.00 bits per heavy atom. The number of thiophene rings is 1. The van der Waals surface area contributed by atoms with Crippen molar-refractivity contribution >= 4 is 21.6 Å². The molecule has 0 fully saturated rings. The number of hydrogen-bond acceptors (Lipinski definition) is 3. The lowest BCUT2D eigenvalue weighted by molar-refractivity contribution is 0.845. The molecule has 0 aliphatic carbocycles. The van der Waals surface area contributed by atoms with Crippen LogP contribution in [0.15, 0.2) is 40.8 Å². The van der Waals surface area contributed by atoms with Gasteiger partial charge in [0, 0.05) is 18.0 Å². The average Bonchev–Trinajstić information content (AvgIpc) is 2.88. The second kappa shape index (κ2) is 4.63. The Kier molecular flexibility index (Phi) is 2.95. The minimum atomic E-state index is 0.0146. The third kappa shape index (κ3) is 1.98. The van der Waals surface area contributed by atoms with Crippen molar-refractivity contribution in [1.82, 2.24) is 9.55 Å². The van der Waals surface area contributed by atoms with Crippen molar-refractivity contribution in [3.05, 3.63) is 51.9 Å². The van der Waals surface area contributed by atoms with Crippen LogP contribution in [0.5, 0.6) is 0 Å². The van der Waals surface area contributed by atoms with Crippen LogP contribution in [0.3, 0.4) is 0 Å². The molecule has 0 radical (unpaired) electrons. The summed E-state index contributed by atoms with van der Waals surface area (Å²) in [5.41, 5.74) is 3.38. The van der Waals surface area contributed by atoms with Crippen molar-refractivity contribution in [1.29, 1.82) is 0 Å². The number of hydrogen-bond donors (Lipinski definition) is 0. The van der Waals surface area contributed by atoms with E-state index in [-0.39, 0.29) is 5.56 Å². The lowest BCUT2D eigenvalue weighted by atomic mass is 10.0. The maximum atomic E-state index is 12.2. The van der Waals surface area contributed by atoms with Crippen LogP contribution in [0, 0.1) is 0 Å². The third-order valence-electron chi connectivity index (χ3n) is 3.33. The standard InChI is InChI=1S/C15H14N2OS/c1-3-10-4-6-11(7-5-10)12-8-19-14-13(12)15(18)17(2)9-16-14/h4-9H,3H2,1-2H3. The monoisotopic (exact) mass is 270 g/mol. The Morgan fingerprint density at radius 1 is 1.26 bits per heavy atom. The first-order chi connectivity index (χ1) is 9.20. The fourth-order valence-electron chi connectivity index (χ4n) is 2.15. The highest BCUT2D eigenvalue weighted by Gasteiger charge is 2.11. The highest BCUT2D eigenvalue weighted by Crippen LogP contribution is 2.30. The molecule has 0 unspecified atom stereocenters. The Labute approximate surface area is 115 Å². The largest absolute Gasteiger partial charge is 0.302 e. The summed E-state index contributed by atoms with van der Waals surface area (Å²) in [4.78, 5) is 17.3. The van der Waals surface area contributed by atoms with Crippen molar-refractivity contribution in [2.45, 2.75) is 13.3 Å². The molecule has 3 rings (SSSR count). The van der Waals surface area contributed by atoms with Crippen LogP contribution in [0.4, 0.5) is 0 Å². The SMILES string of the molecule is CCc1ccc(-c2csc3ncn(C)c(=O)c23)cc1. The molecule has 0 aliphatic heterocycles.